The molecule has 1 aromatic rings. The second-order valence-corrected chi connectivity index (χ2v) is 6.36. The van der Waals surface area contributed by atoms with Gasteiger partial charge in [-0.1, -0.05) is 18.7 Å². The zero-order valence-electron chi connectivity index (χ0n) is 10.9. The van der Waals surface area contributed by atoms with Gasteiger partial charge in [0.15, 0.2) is 4.34 Å². The van der Waals surface area contributed by atoms with Gasteiger partial charge < -0.3 is 10.4 Å². The lowest BCUT2D eigenvalue weighted by molar-refractivity contribution is -0.144. The highest BCUT2D eigenvalue weighted by Crippen LogP contribution is 2.23. The Labute approximate surface area is 116 Å². The highest BCUT2D eigenvalue weighted by atomic mass is 32.2. The lowest BCUT2D eigenvalue weighted by atomic mass is 9.99. The molecule has 0 saturated heterocycles. The lowest BCUT2D eigenvalue weighted by Gasteiger charge is -2.25. The maximum atomic E-state index is 11.3. The number of aromatic nitrogens is 2. The molecule has 0 aliphatic carbocycles. The van der Waals surface area contributed by atoms with Crippen molar-refractivity contribution in [1.29, 1.82) is 0 Å². The van der Waals surface area contributed by atoms with E-state index in [9.17, 15) is 9.90 Å². The van der Waals surface area contributed by atoms with Crippen molar-refractivity contribution in [1.82, 2.24) is 14.7 Å². The van der Waals surface area contributed by atoms with E-state index >= 15 is 0 Å². The van der Waals surface area contributed by atoms with Crippen LogP contribution in [-0.2, 0) is 4.79 Å². The number of carboxylic acids is 1. The van der Waals surface area contributed by atoms with Crippen molar-refractivity contribution < 1.29 is 9.90 Å². The fraction of sp³-hybridized carbons (Fsp3) is 0.727. The van der Waals surface area contributed by atoms with Gasteiger partial charge in [-0.2, -0.15) is 4.37 Å². The molecular formula is C11H19N3O2S2. The van der Waals surface area contributed by atoms with Gasteiger partial charge in [-0.15, -0.1) is 0 Å². The first-order chi connectivity index (χ1) is 8.48. The average Bonchev–Trinajstić information content (AvgIpc) is 2.72. The van der Waals surface area contributed by atoms with E-state index in [0.717, 1.165) is 16.6 Å². The molecule has 0 spiro atoms. The first-order valence-electron chi connectivity index (χ1n) is 5.89. The number of nitrogens with one attached hydrogen (secondary N) is 1. The molecule has 1 rings (SSSR count). The van der Waals surface area contributed by atoms with Crippen LogP contribution in [0, 0.1) is 6.92 Å². The second-order valence-electron chi connectivity index (χ2n) is 4.27. The first-order valence-corrected chi connectivity index (χ1v) is 7.65. The van der Waals surface area contributed by atoms with Crippen molar-refractivity contribution >= 4 is 29.3 Å². The summed E-state index contributed by atoms with van der Waals surface area (Å²) in [5.41, 5.74) is -0.858. The third-order valence-electron chi connectivity index (χ3n) is 2.57. The van der Waals surface area contributed by atoms with Crippen LogP contribution in [0.15, 0.2) is 4.34 Å². The van der Waals surface area contributed by atoms with Gasteiger partial charge in [0, 0.05) is 5.75 Å². The number of aliphatic carboxylic acids is 1. The van der Waals surface area contributed by atoms with Gasteiger partial charge >= 0.3 is 5.97 Å². The van der Waals surface area contributed by atoms with Crippen molar-refractivity contribution in [3.05, 3.63) is 5.82 Å². The Morgan fingerprint density at radius 3 is 2.83 bits per heavy atom. The Hall–Kier alpha value is -0.660. The van der Waals surface area contributed by atoms with E-state index in [1.165, 1.54) is 11.5 Å². The molecule has 0 bridgehead atoms. The van der Waals surface area contributed by atoms with Crippen LogP contribution in [0.25, 0.3) is 0 Å². The van der Waals surface area contributed by atoms with Gasteiger partial charge in [0.2, 0.25) is 0 Å². The summed E-state index contributed by atoms with van der Waals surface area (Å²) >= 11 is 2.92. The number of carboxylic acid groups (broad SMARTS) is 1. The largest absolute Gasteiger partial charge is 0.480 e. The molecule has 1 atom stereocenters. The zero-order chi connectivity index (χ0) is 13.6. The minimum Gasteiger partial charge on any atom is -0.480 e. The number of hydrogen-bond donors (Lipinski definition) is 2. The van der Waals surface area contributed by atoms with E-state index in [4.69, 9.17) is 0 Å². The third-order valence-corrected chi connectivity index (χ3v) is 4.50. The van der Waals surface area contributed by atoms with Crippen LogP contribution >= 0.6 is 23.3 Å². The number of hydrogen-bond acceptors (Lipinski definition) is 6. The molecule has 7 heteroatoms. The molecule has 0 aliphatic rings. The zero-order valence-corrected chi connectivity index (χ0v) is 12.5. The summed E-state index contributed by atoms with van der Waals surface area (Å²) in [7, 11) is 0. The van der Waals surface area contributed by atoms with Crippen molar-refractivity contribution in [3.8, 4) is 0 Å². The van der Waals surface area contributed by atoms with Crippen LogP contribution < -0.4 is 5.32 Å². The second kappa shape index (κ2) is 7.06. The first kappa shape index (κ1) is 15.4. The molecule has 1 aromatic heterocycles. The minimum absolute atomic E-state index is 0.561. The van der Waals surface area contributed by atoms with E-state index in [1.807, 2.05) is 13.8 Å². The molecule has 0 radical (unpaired) electrons. The summed E-state index contributed by atoms with van der Waals surface area (Å²) in [6.07, 6.45) is 1.48. The molecular weight excluding hydrogens is 270 g/mol. The Balaban J connectivity index is 2.44. The molecule has 1 unspecified atom stereocenters. The topological polar surface area (TPSA) is 75.1 Å². The van der Waals surface area contributed by atoms with Gasteiger partial charge in [0.25, 0.3) is 0 Å². The van der Waals surface area contributed by atoms with Gasteiger partial charge in [-0.3, -0.25) is 4.79 Å². The van der Waals surface area contributed by atoms with Crippen molar-refractivity contribution in [2.75, 3.05) is 12.3 Å². The highest BCUT2D eigenvalue weighted by Gasteiger charge is 2.31. The van der Waals surface area contributed by atoms with Crippen molar-refractivity contribution in [2.24, 2.45) is 0 Å². The summed E-state index contributed by atoms with van der Waals surface area (Å²) in [5, 5.41) is 12.4. The third kappa shape index (κ3) is 4.55. The number of thioether (sulfide) groups is 1. The summed E-state index contributed by atoms with van der Waals surface area (Å²) in [5.74, 6) is 0.686. The molecule has 0 aromatic carbocycles. The van der Waals surface area contributed by atoms with E-state index in [0.29, 0.717) is 18.7 Å². The van der Waals surface area contributed by atoms with Gasteiger partial charge in [-0.05, 0) is 44.8 Å². The molecule has 0 saturated carbocycles. The molecule has 0 fully saturated rings. The van der Waals surface area contributed by atoms with E-state index in [2.05, 4.69) is 14.7 Å². The molecule has 0 amide bonds. The predicted molar refractivity (Wildman–Crippen MR) is 74.3 cm³/mol. The summed E-state index contributed by atoms with van der Waals surface area (Å²) < 4.78 is 4.99. The number of carbonyl (C=O) groups is 1. The van der Waals surface area contributed by atoms with Crippen LogP contribution in [0.3, 0.4) is 0 Å². The summed E-state index contributed by atoms with van der Waals surface area (Å²) in [6.45, 7) is 6.32. The Kier molecular flexibility index (Phi) is 6.04. The molecule has 1 heterocycles. The fourth-order valence-corrected chi connectivity index (χ4v) is 3.23. The van der Waals surface area contributed by atoms with Crippen LogP contribution in [0.2, 0.25) is 0 Å². The SMILES string of the molecule is CCCNC(C)(CCSc1nc(C)ns1)C(=O)O. The molecule has 5 nitrogen and oxygen atoms in total. The van der Waals surface area contributed by atoms with Crippen LogP contribution in [0.5, 0.6) is 0 Å². The van der Waals surface area contributed by atoms with Crippen molar-refractivity contribution in [2.45, 2.75) is 43.5 Å². The predicted octanol–water partition coefficient (Wildman–Crippen LogP) is 2.17. The smallest absolute Gasteiger partial charge is 0.323 e. The normalized spacial score (nSPS) is 14.4. The standard InChI is InChI=1S/C11H19N3O2S2/c1-4-6-12-11(3,9(15)16)5-7-17-10-13-8(2)14-18-10/h12H,4-7H2,1-3H3,(H,15,16). The van der Waals surface area contributed by atoms with Crippen LogP contribution in [-0.4, -0.2) is 38.3 Å². The summed E-state index contributed by atoms with van der Waals surface area (Å²) in [4.78, 5) is 15.5. The fourth-order valence-electron chi connectivity index (χ4n) is 1.35. The van der Waals surface area contributed by atoms with E-state index < -0.39 is 11.5 Å². The lowest BCUT2D eigenvalue weighted by Crippen LogP contribution is -2.50. The van der Waals surface area contributed by atoms with Crippen LogP contribution in [0.1, 0.15) is 32.5 Å². The summed E-state index contributed by atoms with van der Waals surface area (Å²) in [6, 6.07) is 0. The van der Waals surface area contributed by atoms with E-state index in [1.54, 1.807) is 18.7 Å². The average molecular weight is 289 g/mol. The Morgan fingerprint density at radius 2 is 2.33 bits per heavy atom. The van der Waals surface area contributed by atoms with Gasteiger partial charge in [0.05, 0.1) is 0 Å². The highest BCUT2D eigenvalue weighted by molar-refractivity contribution is 8.00. The van der Waals surface area contributed by atoms with E-state index in [-0.39, 0.29) is 0 Å². The maximum absolute atomic E-state index is 11.3. The molecule has 2 N–H and O–H groups in total. The van der Waals surface area contributed by atoms with Crippen LogP contribution in [0.4, 0.5) is 0 Å². The van der Waals surface area contributed by atoms with Gasteiger partial charge in [-0.25, -0.2) is 4.98 Å². The Bertz CT molecular complexity index is 397. The molecule has 102 valence electrons. The monoisotopic (exact) mass is 289 g/mol. The number of aryl methyl sites for hydroxylation is 1. The quantitative estimate of drug-likeness (QED) is 0.714. The number of rotatable bonds is 8. The number of nitrogens with zero attached hydrogens (tertiary/aromatic N) is 2. The molecule has 0 aliphatic heterocycles. The Morgan fingerprint density at radius 1 is 1.61 bits per heavy atom. The van der Waals surface area contributed by atoms with Gasteiger partial charge in [0.1, 0.15) is 11.4 Å². The minimum atomic E-state index is -0.858. The maximum Gasteiger partial charge on any atom is 0.323 e. The van der Waals surface area contributed by atoms with Crippen molar-refractivity contribution in [3.63, 3.8) is 0 Å². The molecule has 18 heavy (non-hydrogen) atoms.